The summed E-state index contributed by atoms with van der Waals surface area (Å²) >= 11 is 0. The van der Waals surface area contributed by atoms with Crippen molar-refractivity contribution < 1.29 is 0 Å². The van der Waals surface area contributed by atoms with Crippen LogP contribution in [0, 0.1) is 33.6 Å². The highest BCUT2D eigenvalue weighted by atomic mass is 14.9. The van der Waals surface area contributed by atoms with Crippen LogP contribution in [0.4, 0.5) is 0 Å². The van der Waals surface area contributed by atoms with Gasteiger partial charge in [-0.2, -0.15) is 0 Å². The molecule has 1 rings (SSSR count). The zero-order valence-electron chi connectivity index (χ0n) is 13.1. The summed E-state index contributed by atoms with van der Waals surface area (Å²) in [7, 11) is 2.10. The average Bonchev–Trinajstić information content (AvgIpc) is 2.36. The minimum absolute atomic E-state index is 0.485. The second kappa shape index (κ2) is 6.38. The van der Waals surface area contributed by atoms with E-state index in [1.165, 1.54) is 40.7 Å². The Labute approximate surface area is 113 Å². The molecule has 1 aromatic carbocycles. The number of aryl methyl sites for hydroxylation is 2. The molecule has 1 atom stereocenters. The van der Waals surface area contributed by atoms with E-state index in [9.17, 15) is 0 Å². The molecule has 0 aromatic heterocycles. The fourth-order valence-corrected chi connectivity index (χ4v) is 3.09. The van der Waals surface area contributed by atoms with E-state index in [1.807, 2.05) is 0 Å². The van der Waals surface area contributed by atoms with Gasteiger partial charge >= 0.3 is 0 Å². The van der Waals surface area contributed by atoms with Crippen molar-refractivity contribution in [2.24, 2.45) is 5.92 Å². The van der Waals surface area contributed by atoms with Gasteiger partial charge in [0.2, 0.25) is 0 Å². The fraction of sp³-hybridized carbons (Fsp3) is 0.647. The summed E-state index contributed by atoms with van der Waals surface area (Å²) in [6, 6.07) is 2.80. The van der Waals surface area contributed by atoms with E-state index in [4.69, 9.17) is 0 Å². The van der Waals surface area contributed by atoms with Crippen molar-refractivity contribution in [2.45, 2.75) is 60.4 Å². The molecule has 0 amide bonds. The zero-order chi connectivity index (χ0) is 13.9. The molecule has 1 N–H and O–H groups in total. The number of rotatable bonds is 5. The molecule has 0 aliphatic rings. The van der Waals surface area contributed by atoms with E-state index < -0.39 is 0 Å². The van der Waals surface area contributed by atoms with Crippen LogP contribution in [-0.4, -0.2) is 7.05 Å². The molecule has 1 heteroatoms. The first-order chi connectivity index (χ1) is 8.47. The maximum atomic E-state index is 3.56. The third-order valence-electron chi connectivity index (χ3n) is 4.57. The molecule has 0 aliphatic heterocycles. The number of benzene rings is 1. The van der Waals surface area contributed by atoms with Gasteiger partial charge in [-0.15, -0.1) is 0 Å². The van der Waals surface area contributed by atoms with Gasteiger partial charge in [0.05, 0.1) is 0 Å². The molecule has 0 fully saturated rings. The summed E-state index contributed by atoms with van der Waals surface area (Å²) in [6.45, 7) is 13.6. The Morgan fingerprint density at radius 2 is 1.39 bits per heavy atom. The molecule has 0 aliphatic carbocycles. The maximum absolute atomic E-state index is 3.56. The van der Waals surface area contributed by atoms with E-state index in [0.717, 1.165) is 0 Å². The van der Waals surface area contributed by atoms with Gasteiger partial charge in [-0.1, -0.05) is 32.8 Å². The van der Waals surface area contributed by atoms with E-state index in [0.29, 0.717) is 12.0 Å². The SMILES string of the molecule is CCC(CC)C(NC)c1c(C)c(C)cc(C)c1C. The fourth-order valence-electron chi connectivity index (χ4n) is 3.09. The van der Waals surface area contributed by atoms with Crippen molar-refractivity contribution in [3.05, 3.63) is 33.9 Å². The van der Waals surface area contributed by atoms with Gasteiger partial charge in [-0.05, 0) is 68.5 Å². The second-order valence-corrected chi connectivity index (χ2v) is 5.52. The number of hydrogen-bond acceptors (Lipinski definition) is 1. The third kappa shape index (κ3) is 2.77. The molecule has 0 saturated heterocycles. The summed E-state index contributed by atoms with van der Waals surface area (Å²) in [5.41, 5.74) is 7.29. The van der Waals surface area contributed by atoms with Crippen LogP contribution in [0.15, 0.2) is 6.07 Å². The number of hydrogen-bond donors (Lipinski definition) is 1. The van der Waals surface area contributed by atoms with E-state index >= 15 is 0 Å². The summed E-state index contributed by atoms with van der Waals surface area (Å²) in [6.07, 6.45) is 2.46. The summed E-state index contributed by atoms with van der Waals surface area (Å²) in [5, 5.41) is 3.56. The predicted octanol–water partition coefficient (Wildman–Crippen LogP) is 4.62. The van der Waals surface area contributed by atoms with Crippen molar-refractivity contribution in [1.82, 2.24) is 5.32 Å². The monoisotopic (exact) mass is 247 g/mol. The van der Waals surface area contributed by atoms with Crippen LogP contribution in [0.25, 0.3) is 0 Å². The van der Waals surface area contributed by atoms with Gasteiger partial charge in [0.1, 0.15) is 0 Å². The topological polar surface area (TPSA) is 12.0 Å². The van der Waals surface area contributed by atoms with Gasteiger partial charge < -0.3 is 5.32 Å². The predicted molar refractivity (Wildman–Crippen MR) is 81.3 cm³/mol. The highest BCUT2D eigenvalue weighted by Gasteiger charge is 2.23. The van der Waals surface area contributed by atoms with Gasteiger partial charge in [0, 0.05) is 6.04 Å². The van der Waals surface area contributed by atoms with Crippen LogP contribution >= 0.6 is 0 Å². The standard InChI is InChI=1S/C17H29N/c1-8-15(9-2)17(18-7)16-13(5)11(3)10-12(4)14(16)6/h10,15,17-18H,8-9H2,1-7H3. The lowest BCUT2D eigenvalue weighted by Gasteiger charge is -2.30. The Balaban J connectivity index is 3.37. The Kier molecular flexibility index (Phi) is 5.40. The molecular formula is C17H29N. The van der Waals surface area contributed by atoms with Crippen LogP contribution in [0.5, 0.6) is 0 Å². The molecule has 1 nitrogen and oxygen atoms in total. The molecule has 1 unspecified atom stereocenters. The highest BCUT2D eigenvalue weighted by Crippen LogP contribution is 2.34. The summed E-state index contributed by atoms with van der Waals surface area (Å²) in [4.78, 5) is 0. The smallest absolute Gasteiger partial charge is 0.0351 e. The minimum Gasteiger partial charge on any atom is -0.313 e. The molecular weight excluding hydrogens is 218 g/mol. The molecule has 0 radical (unpaired) electrons. The van der Waals surface area contributed by atoms with Crippen LogP contribution in [0.2, 0.25) is 0 Å². The van der Waals surface area contributed by atoms with Gasteiger partial charge in [0.25, 0.3) is 0 Å². The summed E-state index contributed by atoms with van der Waals surface area (Å²) < 4.78 is 0. The molecule has 0 spiro atoms. The number of nitrogens with one attached hydrogen (secondary N) is 1. The van der Waals surface area contributed by atoms with Crippen molar-refractivity contribution in [2.75, 3.05) is 7.05 Å². The quantitative estimate of drug-likeness (QED) is 0.800. The first kappa shape index (κ1) is 15.2. The third-order valence-corrected chi connectivity index (χ3v) is 4.57. The lowest BCUT2D eigenvalue weighted by molar-refractivity contribution is 0.357. The molecule has 102 valence electrons. The molecule has 0 heterocycles. The molecule has 0 bridgehead atoms. The van der Waals surface area contributed by atoms with Crippen LogP contribution in [0.3, 0.4) is 0 Å². The average molecular weight is 247 g/mol. The Hall–Kier alpha value is -0.820. The summed E-state index contributed by atoms with van der Waals surface area (Å²) in [5.74, 6) is 0.716. The minimum atomic E-state index is 0.485. The van der Waals surface area contributed by atoms with Gasteiger partial charge in [-0.3, -0.25) is 0 Å². The first-order valence-electron chi connectivity index (χ1n) is 7.22. The molecule has 0 saturated carbocycles. The van der Waals surface area contributed by atoms with Crippen molar-refractivity contribution in [1.29, 1.82) is 0 Å². The van der Waals surface area contributed by atoms with Crippen LogP contribution < -0.4 is 5.32 Å². The lowest BCUT2D eigenvalue weighted by Crippen LogP contribution is -2.26. The van der Waals surface area contributed by atoms with E-state index in [2.05, 4.69) is 60.0 Å². The van der Waals surface area contributed by atoms with Crippen molar-refractivity contribution >= 4 is 0 Å². The largest absolute Gasteiger partial charge is 0.313 e. The zero-order valence-corrected chi connectivity index (χ0v) is 13.1. The lowest BCUT2D eigenvalue weighted by atomic mass is 9.82. The Morgan fingerprint density at radius 3 is 1.72 bits per heavy atom. The van der Waals surface area contributed by atoms with Crippen molar-refractivity contribution in [3.8, 4) is 0 Å². The van der Waals surface area contributed by atoms with Gasteiger partial charge in [0.15, 0.2) is 0 Å². The molecule has 18 heavy (non-hydrogen) atoms. The normalized spacial score (nSPS) is 13.1. The Bertz CT molecular complexity index is 376. The first-order valence-corrected chi connectivity index (χ1v) is 7.22. The van der Waals surface area contributed by atoms with Crippen molar-refractivity contribution in [3.63, 3.8) is 0 Å². The maximum Gasteiger partial charge on any atom is 0.0351 e. The highest BCUT2D eigenvalue weighted by molar-refractivity contribution is 5.46. The molecule has 1 aromatic rings. The van der Waals surface area contributed by atoms with Crippen LogP contribution in [-0.2, 0) is 0 Å². The van der Waals surface area contributed by atoms with Gasteiger partial charge in [-0.25, -0.2) is 0 Å². The van der Waals surface area contributed by atoms with E-state index in [-0.39, 0.29) is 0 Å². The second-order valence-electron chi connectivity index (χ2n) is 5.52. The van der Waals surface area contributed by atoms with Crippen LogP contribution in [0.1, 0.15) is 60.5 Å². The Morgan fingerprint density at radius 1 is 0.944 bits per heavy atom. The van der Waals surface area contributed by atoms with E-state index in [1.54, 1.807) is 0 Å².